The average Bonchev–Trinajstić information content (AvgIpc) is 2.88. The third-order valence-electron chi connectivity index (χ3n) is 2.23. The molecule has 0 aliphatic heterocycles. The molecule has 6 nitrogen and oxygen atoms in total. The van der Waals surface area contributed by atoms with Crippen LogP contribution in [0.25, 0.3) is 0 Å². The lowest BCUT2D eigenvalue weighted by Gasteiger charge is -2.04. The molecule has 0 aliphatic carbocycles. The first-order valence-corrected chi connectivity index (χ1v) is 6.31. The van der Waals surface area contributed by atoms with E-state index in [1.807, 2.05) is 5.38 Å². The highest BCUT2D eigenvalue weighted by Gasteiger charge is 2.04. The second-order valence-electron chi connectivity index (χ2n) is 3.55. The van der Waals surface area contributed by atoms with Crippen molar-refractivity contribution in [1.82, 2.24) is 15.0 Å². The molecule has 0 saturated heterocycles. The molecule has 0 aromatic carbocycles. The molecular weight excluding hydrogens is 252 g/mol. The van der Waals surface area contributed by atoms with Crippen LogP contribution in [0.15, 0.2) is 24.0 Å². The largest absolute Gasteiger partial charge is 0.476 e. The lowest BCUT2D eigenvalue weighted by Crippen LogP contribution is -2.07. The Morgan fingerprint density at radius 3 is 2.83 bits per heavy atom. The van der Waals surface area contributed by atoms with Crippen molar-refractivity contribution in [2.24, 2.45) is 0 Å². The van der Waals surface area contributed by atoms with E-state index in [4.69, 9.17) is 5.11 Å². The fraction of sp³-hybridized carbons (Fsp3) is 0.273. The monoisotopic (exact) mass is 264 g/mol. The van der Waals surface area contributed by atoms with Crippen molar-refractivity contribution in [3.8, 4) is 0 Å². The smallest absolute Gasteiger partial charge is 0.356 e. The summed E-state index contributed by atoms with van der Waals surface area (Å²) in [6, 6.07) is 0. The molecule has 0 spiro atoms. The van der Waals surface area contributed by atoms with Gasteiger partial charge in [0.05, 0.1) is 17.4 Å². The normalized spacial score (nSPS) is 10.2. The molecule has 0 atom stereocenters. The summed E-state index contributed by atoms with van der Waals surface area (Å²) in [6.07, 6.45) is 6.32. The van der Waals surface area contributed by atoms with Crippen LogP contribution in [-0.4, -0.2) is 32.6 Å². The van der Waals surface area contributed by atoms with Gasteiger partial charge in [0.25, 0.3) is 0 Å². The van der Waals surface area contributed by atoms with Gasteiger partial charge in [0.1, 0.15) is 5.82 Å². The Hall–Kier alpha value is -2.02. The van der Waals surface area contributed by atoms with Crippen LogP contribution in [0.1, 0.15) is 21.9 Å². The second-order valence-corrected chi connectivity index (χ2v) is 4.53. The zero-order chi connectivity index (χ0) is 12.8. The Morgan fingerprint density at radius 1 is 1.33 bits per heavy atom. The van der Waals surface area contributed by atoms with E-state index < -0.39 is 5.97 Å². The molecule has 18 heavy (non-hydrogen) atoms. The first kappa shape index (κ1) is 12.4. The Kier molecular flexibility index (Phi) is 4.19. The Bertz CT molecular complexity index is 498. The van der Waals surface area contributed by atoms with Crippen LogP contribution in [0.2, 0.25) is 0 Å². The van der Waals surface area contributed by atoms with Gasteiger partial charge < -0.3 is 10.4 Å². The van der Waals surface area contributed by atoms with E-state index in [1.165, 1.54) is 12.4 Å². The molecule has 0 saturated carbocycles. The van der Waals surface area contributed by atoms with Crippen molar-refractivity contribution >= 4 is 23.1 Å². The summed E-state index contributed by atoms with van der Waals surface area (Å²) in [5, 5.41) is 14.8. The number of hydrogen-bond donors (Lipinski definition) is 2. The lowest BCUT2D eigenvalue weighted by atomic mass is 10.3. The number of nitrogens with one attached hydrogen (secondary N) is 1. The molecule has 0 radical (unpaired) electrons. The molecule has 2 aromatic rings. The van der Waals surface area contributed by atoms with Crippen LogP contribution in [-0.2, 0) is 6.42 Å². The minimum Gasteiger partial charge on any atom is -0.476 e. The molecular formula is C11H12N4O2S. The van der Waals surface area contributed by atoms with E-state index in [2.05, 4.69) is 20.3 Å². The molecule has 2 aromatic heterocycles. The van der Waals surface area contributed by atoms with Gasteiger partial charge in [-0.2, -0.15) is 0 Å². The topological polar surface area (TPSA) is 88.0 Å². The number of rotatable bonds is 6. The number of anilines is 1. The predicted molar refractivity (Wildman–Crippen MR) is 67.9 cm³/mol. The van der Waals surface area contributed by atoms with Crippen molar-refractivity contribution in [2.45, 2.75) is 12.8 Å². The van der Waals surface area contributed by atoms with Gasteiger partial charge in [0, 0.05) is 24.5 Å². The molecule has 94 valence electrons. The van der Waals surface area contributed by atoms with Gasteiger partial charge in [-0.15, -0.1) is 11.3 Å². The second kappa shape index (κ2) is 6.06. The van der Waals surface area contributed by atoms with Crippen LogP contribution in [0, 0.1) is 0 Å². The highest BCUT2D eigenvalue weighted by atomic mass is 32.1. The molecule has 2 rings (SSSR count). The minimum atomic E-state index is -1.07. The third-order valence-corrected chi connectivity index (χ3v) is 3.07. The number of carboxylic acids is 1. The summed E-state index contributed by atoms with van der Waals surface area (Å²) in [7, 11) is 0. The molecule has 7 heteroatoms. The highest BCUT2D eigenvalue weighted by molar-refractivity contribution is 7.09. The SMILES string of the molecule is O=C(O)c1cnc(NCCCc2nccs2)cn1. The van der Waals surface area contributed by atoms with Crippen LogP contribution in [0.3, 0.4) is 0 Å². The number of carboxylic acid groups (broad SMARTS) is 1. The van der Waals surface area contributed by atoms with Crippen LogP contribution in [0.5, 0.6) is 0 Å². The fourth-order valence-electron chi connectivity index (χ4n) is 1.36. The number of hydrogen-bond acceptors (Lipinski definition) is 6. The van der Waals surface area contributed by atoms with Gasteiger partial charge in [-0.05, 0) is 6.42 Å². The maximum absolute atomic E-state index is 10.6. The minimum absolute atomic E-state index is 0.0525. The summed E-state index contributed by atoms with van der Waals surface area (Å²) in [5.41, 5.74) is -0.0525. The molecule has 0 fully saturated rings. The summed E-state index contributed by atoms with van der Waals surface area (Å²) in [5.74, 6) is -0.489. The lowest BCUT2D eigenvalue weighted by molar-refractivity contribution is 0.0690. The molecule has 2 N–H and O–H groups in total. The number of carbonyl (C=O) groups is 1. The quantitative estimate of drug-likeness (QED) is 0.772. The van der Waals surface area contributed by atoms with Crippen LogP contribution < -0.4 is 5.32 Å². The molecule has 0 bridgehead atoms. The summed E-state index contributed by atoms with van der Waals surface area (Å²) in [6.45, 7) is 0.751. The third kappa shape index (κ3) is 3.49. The number of nitrogens with zero attached hydrogens (tertiary/aromatic N) is 3. The van der Waals surface area contributed by atoms with Crippen molar-refractivity contribution < 1.29 is 9.90 Å². The van der Waals surface area contributed by atoms with Crippen molar-refractivity contribution in [3.05, 3.63) is 34.7 Å². The molecule has 0 unspecified atom stereocenters. The Morgan fingerprint density at radius 2 is 2.22 bits per heavy atom. The van der Waals surface area contributed by atoms with Crippen LogP contribution >= 0.6 is 11.3 Å². The van der Waals surface area contributed by atoms with Crippen molar-refractivity contribution in [2.75, 3.05) is 11.9 Å². The van der Waals surface area contributed by atoms with Gasteiger partial charge >= 0.3 is 5.97 Å². The number of aryl methyl sites for hydroxylation is 1. The predicted octanol–water partition coefficient (Wildman–Crippen LogP) is 1.68. The first-order valence-electron chi connectivity index (χ1n) is 5.43. The van der Waals surface area contributed by atoms with Crippen LogP contribution in [0.4, 0.5) is 5.82 Å². The van der Waals surface area contributed by atoms with E-state index in [1.54, 1.807) is 17.5 Å². The highest BCUT2D eigenvalue weighted by Crippen LogP contribution is 2.07. The summed E-state index contributed by atoms with van der Waals surface area (Å²) in [4.78, 5) is 22.5. The van der Waals surface area contributed by atoms with Gasteiger partial charge in [0.15, 0.2) is 5.69 Å². The van der Waals surface area contributed by atoms with E-state index in [9.17, 15) is 4.79 Å². The Balaban J connectivity index is 1.75. The van der Waals surface area contributed by atoms with E-state index in [-0.39, 0.29) is 5.69 Å². The first-order chi connectivity index (χ1) is 8.75. The zero-order valence-electron chi connectivity index (χ0n) is 9.54. The van der Waals surface area contributed by atoms with Crippen molar-refractivity contribution in [1.29, 1.82) is 0 Å². The number of aromatic carboxylic acids is 1. The number of thiazole rings is 1. The summed E-state index contributed by atoms with van der Waals surface area (Å²) < 4.78 is 0. The standard InChI is InChI=1S/C11H12N4O2S/c16-11(17)8-6-15-9(7-14-8)12-3-1-2-10-13-4-5-18-10/h4-7H,1-3H2,(H,12,15)(H,16,17). The molecule has 2 heterocycles. The maximum atomic E-state index is 10.6. The Labute approximate surface area is 108 Å². The molecule has 0 amide bonds. The van der Waals surface area contributed by atoms with E-state index >= 15 is 0 Å². The van der Waals surface area contributed by atoms with Gasteiger partial charge in [0.2, 0.25) is 0 Å². The van der Waals surface area contributed by atoms with E-state index in [0.29, 0.717) is 5.82 Å². The van der Waals surface area contributed by atoms with Gasteiger partial charge in [-0.25, -0.2) is 19.7 Å². The van der Waals surface area contributed by atoms with E-state index in [0.717, 1.165) is 24.4 Å². The fourth-order valence-corrected chi connectivity index (χ4v) is 2.02. The number of aromatic nitrogens is 3. The van der Waals surface area contributed by atoms with Gasteiger partial charge in [-0.1, -0.05) is 0 Å². The average molecular weight is 264 g/mol. The van der Waals surface area contributed by atoms with Crippen molar-refractivity contribution in [3.63, 3.8) is 0 Å². The summed E-state index contributed by atoms with van der Waals surface area (Å²) >= 11 is 1.64. The van der Waals surface area contributed by atoms with Gasteiger partial charge in [-0.3, -0.25) is 0 Å². The maximum Gasteiger partial charge on any atom is 0.356 e. The molecule has 0 aliphatic rings. The zero-order valence-corrected chi connectivity index (χ0v) is 10.4.